The number of aromatic nitrogens is 2. The Kier molecular flexibility index (Phi) is 3.40. The summed E-state index contributed by atoms with van der Waals surface area (Å²) in [7, 11) is 0. The van der Waals surface area contributed by atoms with Gasteiger partial charge in [-0.15, -0.1) is 0 Å². The van der Waals surface area contributed by atoms with E-state index in [0.29, 0.717) is 10.3 Å². The van der Waals surface area contributed by atoms with Gasteiger partial charge in [-0.25, -0.2) is 4.39 Å². The second kappa shape index (κ2) is 5.21. The number of halogens is 1. The van der Waals surface area contributed by atoms with Gasteiger partial charge in [0, 0.05) is 6.54 Å². The molecule has 20 heavy (non-hydrogen) atoms. The summed E-state index contributed by atoms with van der Waals surface area (Å²) in [6.45, 7) is 2.56. The van der Waals surface area contributed by atoms with Gasteiger partial charge >= 0.3 is 0 Å². The molecule has 0 saturated heterocycles. The van der Waals surface area contributed by atoms with Gasteiger partial charge in [-0.2, -0.15) is 0 Å². The van der Waals surface area contributed by atoms with Crippen molar-refractivity contribution in [1.82, 2.24) is 9.55 Å². The lowest BCUT2D eigenvalue weighted by Crippen LogP contribution is -2.01. The molecule has 1 heterocycles. The molecule has 2 nitrogen and oxygen atoms in total. The van der Waals surface area contributed by atoms with Gasteiger partial charge in [0.05, 0.1) is 11.0 Å². The molecule has 102 valence electrons. The maximum absolute atomic E-state index is 13.6. The second-order valence-electron chi connectivity index (χ2n) is 4.94. The molecule has 0 unspecified atom stereocenters. The highest BCUT2D eigenvalue weighted by Crippen LogP contribution is 2.19. The van der Waals surface area contributed by atoms with Crippen LogP contribution in [0.25, 0.3) is 11.0 Å². The lowest BCUT2D eigenvalue weighted by atomic mass is 10.1. The largest absolute Gasteiger partial charge is 0.330 e. The predicted molar refractivity (Wildman–Crippen MR) is 82.0 cm³/mol. The number of benzene rings is 2. The highest BCUT2D eigenvalue weighted by Gasteiger charge is 2.08. The number of aryl methyl sites for hydroxylation is 3. The summed E-state index contributed by atoms with van der Waals surface area (Å²) < 4.78 is 16.2. The lowest BCUT2D eigenvalue weighted by Gasteiger charge is -2.05. The van der Waals surface area contributed by atoms with E-state index in [4.69, 9.17) is 12.2 Å². The van der Waals surface area contributed by atoms with Crippen molar-refractivity contribution in [2.24, 2.45) is 0 Å². The first-order valence-electron chi connectivity index (χ1n) is 6.58. The molecule has 0 radical (unpaired) electrons. The van der Waals surface area contributed by atoms with Crippen LogP contribution in [-0.2, 0) is 13.0 Å². The Labute approximate surface area is 121 Å². The number of hydrogen-bond donors (Lipinski definition) is 1. The van der Waals surface area contributed by atoms with Gasteiger partial charge in [0.2, 0.25) is 0 Å². The number of imidazole rings is 1. The molecular formula is C16H15FN2S. The summed E-state index contributed by atoms with van der Waals surface area (Å²) in [6.07, 6.45) is 0.901. The van der Waals surface area contributed by atoms with Gasteiger partial charge in [-0.3, -0.25) is 0 Å². The molecule has 0 aliphatic carbocycles. The van der Waals surface area contributed by atoms with Crippen LogP contribution in [-0.4, -0.2) is 9.55 Å². The fourth-order valence-electron chi connectivity index (χ4n) is 2.39. The van der Waals surface area contributed by atoms with Crippen LogP contribution in [0.15, 0.2) is 42.5 Å². The van der Waals surface area contributed by atoms with Crippen LogP contribution < -0.4 is 0 Å². The van der Waals surface area contributed by atoms with Crippen LogP contribution >= 0.6 is 12.2 Å². The van der Waals surface area contributed by atoms with Crippen molar-refractivity contribution in [2.45, 2.75) is 19.9 Å². The predicted octanol–water partition coefficient (Wildman–Crippen LogP) is 4.39. The zero-order chi connectivity index (χ0) is 14.1. The molecule has 3 rings (SSSR count). The van der Waals surface area contributed by atoms with Crippen LogP contribution in [0.4, 0.5) is 4.39 Å². The smallest absolute Gasteiger partial charge is 0.178 e. The average Bonchev–Trinajstić information content (AvgIpc) is 2.73. The Balaban J connectivity index is 1.97. The fourth-order valence-corrected chi connectivity index (χ4v) is 2.69. The number of hydrogen-bond acceptors (Lipinski definition) is 1. The van der Waals surface area contributed by atoms with E-state index in [1.54, 1.807) is 6.92 Å². The second-order valence-corrected chi connectivity index (χ2v) is 5.32. The van der Waals surface area contributed by atoms with Crippen molar-refractivity contribution in [2.75, 3.05) is 0 Å². The molecule has 0 spiro atoms. The number of rotatable bonds is 3. The van der Waals surface area contributed by atoms with E-state index < -0.39 is 0 Å². The van der Waals surface area contributed by atoms with Crippen LogP contribution in [0.5, 0.6) is 0 Å². The van der Waals surface area contributed by atoms with Gasteiger partial charge in [0.15, 0.2) is 4.77 Å². The molecular weight excluding hydrogens is 271 g/mol. The Morgan fingerprint density at radius 3 is 2.70 bits per heavy atom. The van der Waals surface area contributed by atoms with Crippen molar-refractivity contribution in [1.29, 1.82) is 0 Å². The van der Waals surface area contributed by atoms with Crippen LogP contribution in [0.2, 0.25) is 0 Å². The number of nitrogens with one attached hydrogen (secondary N) is 1. The molecule has 0 amide bonds. The molecule has 1 N–H and O–H groups in total. The molecule has 0 aliphatic heterocycles. The topological polar surface area (TPSA) is 20.7 Å². The Hall–Kier alpha value is -1.94. The van der Waals surface area contributed by atoms with Crippen molar-refractivity contribution in [3.8, 4) is 0 Å². The highest BCUT2D eigenvalue weighted by atomic mass is 32.1. The van der Waals surface area contributed by atoms with Gasteiger partial charge in [0.1, 0.15) is 5.82 Å². The third-order valence-corrected chi connectivity index (χ3v) is 3.84. The maximum atomic E-state index is 13.6. The van der Waals surface area contributed by atoms with E-state index in [2.05, 4.69) is 17.1 Å². The van der Waals surface area contributed by atoms with E-state index in [1.807, 2.05) is 28.8 Å². The van der Waals surface area contributed by atoms with Crippen LogP contribution in [0, 0.1) is 17.5 Å². The SMILES string of the molecule is Cc1cc2c(cc1F)[nH]c(=S)n2CCc1ccccc1. The fraction of sp³-hybridized carbons (Fsp3) is 0.188. The van der Waals surface area contributed by atoms with E-state index in [1.165, 1.54) is 11.6 Å². The molecule has 0 saturated carbocycles. The third kappa shape index (κ3) is 2.39. The average molecular weight is 286 g/mol. The minimum Gasteiger partial charge on any atom is -0.330 e. The van der Waals surface area contributed by atoms with Crippen LogP contribution in [0.1, 0.15) is 11.1 Å². The quantitative estimate of drug-likeness (QED) is 0.708. The van der Waals surface area contributed by atoms with E-state index in [0.717, 1.165) is 24.0 Å². The maximum Gasteiger partial charge on any atom is 0.178 e. The normalized spacial score (nSPS) is 11.1. The molecule has 0 aliphatic rings. The lowest BCUT2D eigenvalue weighted by molar-refractivity contribution is 0.620. The zero-order valence-electron chi connectivity index (χ0n) is 11.2. The van der Waals surface area contributed by atoms with E-state index >= 15 is 0 Å². The Bertz CT molecular complexity index is 802. The van der Waals surface area contributed by atoms with Crippen molar-refractivity contribution in [3.05, 3.63) is 64.2 Å². The molecule has 0 atom stereocenters. The Morgan fingerprint density at radius 1 is 1.20 bits per heavy atom. The summed E-state index contributed by atoms with van der Waals surface area (Å²) in [5.41, 5.74) is 3.62. The summed E-state index contributed by atoms with van der Waals surface area (Å²) in [4.78, 5) is 3.07. The number of aromatic amines is 1. The third-order valence-electron chi connectivity index (χ3n) is 3.52. The van der Waals surface area contributed by atoms with Gasteiger partial charge < -0.3 is 9.55 Å². The van der Waals surface area contributed by atoms with Crippen molar-refractivity contribution in [3.63, 3.8) is 0 Å². The number of fused-ring (bicyclic) bond motifs is 1. The summed E-state index contributed by atoms with van der Waals surface area (Å²) >= 11 is 5.34. The summed E-state index contributed by atoms with van der Waals surface area (Å²) in [6, 6.07) is 13.6. The Morgan fingerprint density at radius 2 is 1.95 bits per heavy atom. The molecule has 1 aromatic heterocycles. The monoisotopic (exact) mass is 286 g/mol. The minimum atomic E-state index is -0.205. The van der Waals surface area contributed by atoms with E-state index in [9.17, 15) is 4.39 Å². The summed E-state index contributed by atoms with van der Waals surface area (Å²) in [5.74, 6) is -0.205. The van der Waals surface area contributed by atoms with Crippen LogP contribution in [0.3, 0.4) is 0 Å². The highest BCUT2D eigenvalue weighted by molar-refractivity contribution is 7.71. The molecule has 0 fully saturated rings. The first-order valence-corrected chi connectivity index (χ1v) is 6.98. The summed E-state index contributed by atoms with van der Waals surface area (Å²) in [5, 5.41) is 0. The standard InChI is InChI=1S/C16H15FN2S/c1-11-9-15-14(10-13(11)17)18-16(20)19(15)8-7-12-5-3-2-4-6-12/h2-6,9-10H,7-8H2,1H3,(H,18,20). The number of nitrogens with zero attached hydrogens (tertiary/aromatic N) is 1. The van der Waals surface area contributed by atoms with Crippen molar-refractivity contribution >= 4 is 23.3 Å². The van der Waals surface area contributed by atoms with Crippen molar-refractivity contribution < 1.29 is 4.39 Å². The molecule has 0 bridgehead atoms. The van der Waals surface area contributed by atoms with Gasteiger partial charge in [-0.1, -0.05) is 30.3 Å². The molecule has 3 aromatic rings. The first-order chi connectivity index (χ1) is 9.65. The molecule has 2 aromatic carbocycles. The first kappa shape index (κ1) is 13.1. The molecule has 4 heteroatoms. The van der Waals surface area contributed by atoms with Gasteiger partial charge in [0.25, 0.3) is 0 Å². The minimum absolute atomic E-state index is 0.205. The van der Waals surface area contributed by atoms with Gasteiger partial charge in [-0.05, 0) is 48.8 Å². The van der Waals surface area contributed by atoms with E-state index in [-0.39, 0.29) is 5.82 Å². The zero-order valence-corrected chi connectivity index (χ0v) is 12.0. The number of H-pyrrole nitrogens is 1.